The minimum Gasteiger partial charge on any atom is -0.352 e. The number of rotatable bonds is 1. The van der Waals surface area contributed by atoms with E-state index in [4.69, 9.17) is 11.6 Å². The Morgan fingerprint density at radius 3 is 2.88 bits per heavy atom. The lowest BCUT2D eigenvalue weighted by Gasteiger charge is -1.72. The molecule has 0 spiro atoms. The summed E-state index contributed by atoms with van der Waals surface area (Å²) in [6.45, 7) is 0. The molecule has 0 fully saturated rings. The van der Waals surface area contributed by atoms with Crippen molar-refractivity contribution in [1.82, 2.24) is 5.16 Å². The molecule has 0 amide bonds. The minimum atomic E-state index is 0.0756. The van der Waals surface area contributed by atoms with Gasteiger partial charge in [-0.1, -0.05) is 16.8 Å². The van der Waals surface area contributed by atoms with Crippen LogP contribution in [0.25, 0.3) is 0 Å². The number of halogens is 1. The predicted octanol–water partition coefficient (Wildman–Crippen LogP) is 1.14. The highest BCUT2D eigenvalue weighted by atomic mass is 35.5. The van der Waals surface area contributed by atoms with Crippen LogP contribution >= 0.6 is 11.6 Å². The van der Waals surface area contributed by atoms with Gasteiger partial charge in [-0.15, -0.1) is 0 Å². The third-order valence-corrected chi connectivity index (χ3v) is 0.943. The molecule has 0 saturated heterocycles. The summed E-state index contributed by atoms with van der Waals surface area (Å²) in [5.74, 6) is 0.0756. The van der Waals surface area contributed by atoms with Crippen LogP contribution in [0.15, 0.2) is 10.7 Å². The molecular weight excluding hydrogens is 130 g/mol. The van der Waals surface area contributed by atoms with Crippen molar-refractivity contribution in [1.29, 1.82) is 0 Å². The van der Waals surface area contributed by atoms with Crippen molar-refractivity contribution in [2.24, 2.45) is 0 Å². The van der Waals surface area contributed by atoms with E-state index < -0.39 is 0 Å². The molecule has 0 aliphatic heterocycles. The van der Waals surface area contributed by atoms with Crippen LogP contribution < -0.4 is 0 Å². The second-order valence-electron chi connectivity index (χ2n) is 1.16. The highest BCUT2D eigenvalue weighted by Gasteiger charge is 2.00. The molecule has 1 aromatic rings. The Morgan fingerprint density at radius 1 is 1.88 bits per heavy atom. The zero-order valence-corrected chi connectivity index (χ0v) is 4.55. The molecule has 0 bridgehead atoms. The number of hydrogen-bond acceptors (Lipinski definition) is 3. The van der Waals surface area contributed by atoms with Crippen molar-refractivity contribution in [2.75, 3.05) is 0 Å². The minimum absolute atomic E-state index is 0.0756. The molecule has 0 saturated carbocycles. The maximum atomic E-state index is 9.87. The van der Waals surface area contributed by atoms with Crippen LogP contribution in [0, 0.1) is 0 Å². The first kappa shape index (κ1) is 5.31. The van der Waals surface area contributed by atoms with E-state index in [0.717, 1.165) is 0 Å². The third kappa shape index (κ3) is 0.721. The lowest BCUT2D eigenvalue weighted by molar-refractivity contribution is 0.109. The molecule has 1 rings (SSSR count). The average molecular weight is 132 g/mol. The van der Waals surface area contributed by atoms with Gasteiger partial charge in [0, 0.05) is 0 Å². The SMILES string of the molecule is O=Cc1oncc1Cl. The maximum Gasteiger partial charge on any atom is 0.217 e. The van der Waals surface area contributed by atoms with E-state index in [0.29, 0.717) is 6.29 Å². The van der Waals surface area contributed by atoms with Crippen molar-refractivity contribution in [3.8, 4) is 0 Å². The zero-order valence-electron chi connectivity index (χ0n) is 3.80. The fraction of sp³-hybridized carbons (Fsp3) is 0. The Bertz CT molecular complexity index is 196. The molecule has 1 aromatic heterocycles. The van der Waals surface area contributed by atoms with Crippen LogP contribution in [0.1, 0.15) is 10.6 Å². The van der Waals surface area contributed by atoms with Gasteiger partial charge < -0.3 is 4.52 Å². The van der Waals surface area contributed by atoms with Gasteiger partial charge >= 0.3 is 0 Å². The fourth-order valence-corrected chi connectivity index (χ4v) is 0.433. The molecule has 0 radical (unpaired) electrons. The molecule has 8 heavy (non-hydrogen) atoms. The van der Waals surface area contributed by atoms with Crippen LogP contribution in [0.5, 0.6) is 0 Å². The standard InChI is InChI=1S/C4H2ClNO2/c5-3-1-6-8-4(3)2-7/h1-2H. The first-order valence-corrected chi connectivity index (χ1v) is 2.27. The normalized spacial score (nSPS) is 9.12. The maximum absolute atomic E-state index is 9.87. The van der Waals surface area contributed by atoms with Crippen molar-refractivity contribution in [2.45, 2.75) is 0 Å². The molecule has 0 aromatic carbocycles. The largest absolute Gasteiger partial charge is 0.352 e. The van der Waals surface area contributed by atoms with Gasteiger partial charge in [0.1, 0.15) is 5.02 Å². The second-order valence-corrected chi connectivity index (χ2v) is 1.56. The van der Waals surface area contributed by atoms with Crippen LogP contribution in [0.4, 0.5) is 0 Å². The Kier molecular flexibility index (Phi) is 1.30. The molecule has 1 heterocycles. The van der Waals surface area contributed by atoms with Crippen LogP contribution in [-0.4, -0.2) is 11.4 Å². The molecule has 0 aliphatic carbocycles. The smallest absolute Gasteiger partial charge is 0.217 e. The molecule has 0 N–H and O–H groups in total. The molecular formula is C4H2ClNO2. The van der Waals surface area contributed by atoms with Gasteiger partial charge in [-0.05, 0) is 0 Å². The van der Waals surface area contributed by atoms with E-state index in [9.17, 15) is 4.79 Å². The average Bonchev–Trinajstić information content (AvgIpc) is 2.14. The van der Waals surface area contributed by atoms with Crippen LogP contribution in [-0.2, 0) is 0 Å². The summed E-state index contributed by atoms with van der Waals surface area (Å²) in [7, 11) is 0. The Labute approximate surface area is 50.2 Å². The van der Waals surface area contributed by atoms with Gasteiger partial charge in [0.05, 0.1) is 6.20 Å². The summed E-state index contributed by atoms with van der Waals surface area (Å²) < 4.78 is 4.36. The third-order valence-electron chi connectivity index (χ3n) is 0.660. The summed E-state index contributed by atoms with van der Waals surface area (Å²) >= 11 is 5.35. The zero-order chi connectivity index (χ0) is 5.98. The van der Waals surface area contributed by atoms with Gasteiger partial charge in [-0.25, -0.2) is 0 Å². The van der Waals surface area contributed by atoms with E-state index in [-0.39, 0.29) is 10.8 Å². The Hall–Kier alpha value is -0.830. The summed E-state index contributed by atoms with van der Waals surface area (Å²) in [5.41, 5.74) is 0. The molecule has 4 heteroatoms. The van der Waals surface area contributed by atoms with Gasteiger partial charge in [0.15, 0.2) is 6.29 Å². The van der Waals surface area contributed by atoms with E-state index in [2.05, 4.69) is 9.68 Å². The monoisotopic (exact) mass is 131 g/mol. The summed E-state index contributed by atoms with van der Waals surface area (Å²) in [4.78, 5) is 9.87. The van der Waals surface area contributed by atoms with E-state index in [1.807, 2.05) is 0 Å². The number of aldehydes is 1. The van der Waals surface area contributed by atoms with Gasteiger partial charge in [-0.3, -0.25) is 4.79 Å². The number of hydrogen-bond donors (Lipinski definition) is 0. The highest BCUT2D eigenvalue weighted by Crippen LogP contribution is 2.10. The summed E-state index contributed by atoms with van der Waals surface area (Å²) in [6.07, 6.45) is 1.78. The van der Waals surface area contributed by atoms with Gasteiger partial charge in [-0.2, -0.15) is 0 Å². The van der Waals surface area contributed by atoms with Crippen LogP contribution in [0.2, 0.25) is 5.02 Å². The van der Waals surface area contributed by atoms with Crippen molar-refractivity contribution in [3.05, 3.63) is 17.0 Å². The molecule has 42 valence electrons. The van der Waals surface area contributed by atoms with Gasteiger partial charge in [0.25, 0.3) is 0 Å². The Balaban J connectivity index is 3.09. The lowest BCUT2D eigenvalue weighted by Crippen LogP contribution is -1.69. The molecule has 0 unspecified atom stereocenters. The number of carbonyl (C=O) groups is 1. The number of carbonyl (C=O) groups excluding carboxylic acids is 1. The van der Waals surface area contributed by atoms with E-state index in [1.165, 1.54) is 6.20 Å². The topological polar surface area (TPSA) is 43.1 Å². The van der Waals surface area contributed by atoms with Crippen molar-refractivity contribution >= 4 is 17.9 Å². The number of nitrogens with zero attached hydrogens (tertiary/aromatic N) is 1. The van der Waals surface area contributed by atoms with E-state index >= 15 is 0 Å². The quantitative estimate of drug-likeness (QED) is 0.537. The first-order valence-electron chi connectivity index (χ1n) is 1.90. The van der Waals surface area contributed by atoms with Crippen molar-refractivity contribution in [3.63, 3.8) is 0 Å². The number of aromatic nitrogens is 1. The molecule has 0 aliphatic rings. The highest BCUT2D eigenvalue weighted by molar-refractivity contribution is 6.32. The second kappa shape index (κ2) is 1.96. The lowest BCUT2D eigenvalue weighted by atomic mass is 10.5. The van der Waals surface area contributed by atoms with Crippen molar-refractivity contribution < 1.29 is 9.32 Å². The predicted molar refractivity (Wildman–Crippen MR) is 26.9 cm³/mol. The van der Waals surface area contributed by atoms with Gasteiger partial charge in [0.2, 0.25) is 5.76 Å². The Morgan fingerprint density at radius 2 is 2.62 bits per heavy atom. The fourth-order valence-electron chi connectivity index (χ4n) is 0.314. The molecule has 0 atom stereocenters. The summed E-state index contributed by atoms with van der Waals surface area (Å²) in [6, 6.07) is 0. The van der Waals surface area contributed by atoms with Crippen LogP contribution in [0.3, 0.4) is 0 Å². The first-order chi connectivity index (χ1) is 3.84. The van der Waals surface area contributed by atoms with E-state index in [1.54, 1.807) is 0 Å². The summed E-state index contributed by atoms with van der Waals surface area (Å²) in [5, 5.41) is 3.50. The molecule has 3 nitrogen and oxygen atoms in total.